The first-order valence-corrected chi connectivity index (χ1v) is 6.55. The lowest BCUT2D eigenvalue weighted by Gasteiger charge is -2.27. The Morgan fingerprint density at radius 1 is 1.33 bits per heavy atom. The molecule has 1 fully saturated rings. The zero-order chi connectivity index (χ0) is 15.2. The van der Waals surface area contributed by atoms with Crippen LogP contribution in [0.5, 0.6) is 0 Å². The van der Waals surface area contributed by atoms with Gasteiger partial charge in [-0.05, 0) is 5.56 Å². The molecule has 0 radical (unpaired) electrons. The maximum atomic E-state index is 11.9. The van der Waals surface area contributed by atoms with Crippen LogP contribution < -0.4 is 5.32 Å². The summed E-state index contributed by atoms with van der Waals surface area (Å²) in [5.74, 6) is -1.50. The summed E-state index contributed by atoms with van der Waals surface area (Å²) in [4.78, 5) is 35.5. The molecule has 0 bridgehead atoms. The molecular weight excluding hydrogens is 276 g/mol. The quantitative estimate of drug-likeness (QED) is 0.829. The number of hydrogen-bond acceptors (Lipinski definition) is 4. The van der Waals surface area contributed by atoms with Crippen LogP contribution >= 0.6 is 0 Å². The Morgan fingerprint density at radius 2 is 2.05 bits per heavy atom. The average Bonchev–Trinajstić information content (AvgIpc) is 2.47. The van der Waals surface area contributed by atoms with E-state index in [0.29, 0.717) is 13.1 Å². The van der Waals surface area contributed by atoms with Crippen molar-refractivity contribution in [2.24, 2.45) is 0 Å². The Kier molecular flexibility index (Phi) is 4.76. The number of hydrogen-bond donors (Lipinski definition) is 2. The summed E-state index contributed by atoms with van der Waals surface area (Å²) in [6, 6.07) is 8.91. The highest BCUT2D eigenvalue weighted by molar-refractivity contribution is 5.84. The summed E-state index contributed by atoms with van der Waals surface area (Å²) < 4.78 is 5.01. The van der Waals surface area contributed by atoms with Crippen molar-refractivity contribution in [2.45, 2.75) is 12.5 Å². The van der Waals surface area contributed by atoms with Gasteiger partial charge < -0.3 is 15.2 Å². The smallest absolute Gasteiger partial charge is 0.411 e. The lowest BCUT2D eigenvalue weighted by Crippen LogP contribution is -2.51. The van der Waals surface area contributed by atoms with E-state index in [4.69, 9.17) is 9.84 Å². The Labute approximate surface area is 121 Å². The van der Waals surface area contributed by atoms with Gasteiger partial charge in [-0.1, -0.05) is 30.3 Å². The molecule has 1 aliphatic heterocycles. The van der Waals surface area contributed by atoms with E-state index in [9.17, 15) is 14.4 Å². The predicted molar refractivity (Wildman–Crippen MR) is 72.6 cm³/mol. The minimum Gasteiger partial charge on any atom is -0.478 e. The van der Waals surface area contributed by atoms with E-state index in [1.165, 1.54) is 4.90 Å². The van der Waals surface area contributed by atoms with Crippen molar-refractivity contribution in [1.82, 2.24) is 10.2 Å². The second-order valence-electron chi connectivity index (χ2n) is 4.67. The first kappa shape index (κ1) is 14.8. The highest BCUT2D eigenvalue weighted by Gasteiger charge is 2.28. The van der Waals surface area contributed by atoms with Gasteiger partial charge in [0.1, 0.15) is 6.54 Å². The van der Waals surface area contributed by atoms with Gasteiger partial charge in [0.2, 0.25) is 12.0 Å². The van der Waals surface area contributed by atoms with Crippen molar-refractivity contribution < 1.29 is 24.2 Å². The summed E-state index contributed by atoms with van der Waals surface area (Å²) in [7, 11) is 0. The van der Waals surface area contributed by atoms with E-state index in [1.807, 2.05) is 6.07 Å². The van der Waals surface area contributed by atoms with Crippen LogP contribution in [0.4, 0.5) is 4.79 Å². The van der Waals surface area contributed by atoms with E-state index in [0.717, 1.165) is 5.56 Å². The Bertz CT molecular complexity index is 531. The van der Waals surface area contributed by atoms with Crippen molar-refractivity contribution in [2.75, 3.05) is 19.6 Å². The molecule has 1 saturated heterocycles. The molecule has 1 aromatic carbocycles. The normalized spacial score (nSPS) is 16.0. The number of aliphatic carboxylic acids is 1. The fraction of sp³-hybridized carbons (Fsp3) is 0.357. The van der Waals surface area contributed by atoms with E-state index in [-0.39, 0.29) is 18.9 Å². The summed E-state index contributed by atoms with van der Waals surface area (Å²) in [6.07, 6.45) is -1.97. The zero-order valence-corrected chi connectivity index (χ0v) is 11.3. The van der Waals surface area contributed by atoms with Gasteiger partial charge in [0, 0.05) is 19.5 Å². The second-order valence-corrected chi connectivity index (χ2v) is 4.67. The number of rotatable bonds is 4. The molecule has 0 aromatic heterocycles. The first-order valence-electron chi connectivity index (χ1n) is 6.55. The summed E-state index contributed by atoms with van der Waals surface area (Å²) in [6.45, 7) is 0.531. The molecule has 0 aliphatic carbocycles. The zero-order valence-electron chi connectivity index (χ0n) is 11.3. The van der Waals surface area contributed by atoms with Gasteiger partial charge in [0.25, 0.3) is 0 Å². The summed E-state index contributed by atoms with van der Waals surface area (Å²) >= 11 is 0. The van der Waals surface area contributed by atoms with E-state index >= 15 is 0 Å². The van der Waals surface area contributed by atoms with Crippen LogP contribution in [0.1, 0.15) is 5.56 Å². The minimum atomic E-state index is -1.27. The van der Waals surface area contributed by atoms with Crippen molar-refractivity contribution in [3.05, 3.63) is 35.9 Å². The number of nitrogens with one attached hydrogen (secondary N) is 1. The van der Waals surface area contributed by atoms with Crippen LogP contribution in [-0.2, 0) is 20.7 Å². The fourth-order valence-corrected chi connectivity index (χ4v) is 2.00. The van der Waals surface area contributed by atoms with Crippen molar-refractivity contribution in [3.8, 4) is 0 Å². The van der Waals surface area contributed by atoms with Gasteiger partial charge in [-0.25, -0.2) is 9.59 Å². The molecular formula is C14H16N2O5. The van der Waals surface area contributed by atoms with Crippen LogP contribution in [0, 0.1) is 0 Å². The van der Waals surface area contributed by atoms with Crippen LogP contribution in [0.2, 0.25) is 0 Å². The predicted octanol–water partition coefficient (Wildman–Crippen LogP) is 0.251. The molecule has 0 spiro atoms. The minimum absolute atomic E-state index is 0.0853. The average molecular weight is 292 g/mol. The highest BCUT2D eigenvalue weighted by atomic mass is 16.6. The van der Waals surface area contributed by atoms with Gasteiger partial charge in [0.05, 0.1) is 0 Å². The number of carboxylic acid groups (broad SMARTS) is 1. The largest absolute Gasteiger partial charge is 0.478 e. The lowest BCUT2D eigenvalue weighted by molar-refractivity contribution is -0.147. The number of ether oxygens (including phenoxy) is 1. The van der Waals surface area contributed by atoms with E-state index < -0.39 is 18.2 Å². The topological polar surface area (TPSA) is 95.9 Å². The third-order valence-electron chi connectivity index (χ3n) is 3.08. The molecule has 2 N–H and O–H groups in total. The molecule has 2 amide bonds. The third-order valence-corrected chi connectivity index (χ3v) is 3.08. The van der Waals surface area contributed by atoms with Gasteiger partial charge in [-0.15, -0.1) is 0 Å². The molecule has 1 aromatic rings. The molecule has 1 atom stereocenters. The van der Waals surface area contributed by atoms with Crippen molar-refractivity contribution >= 4 is 18.0 Å². The highest BCUT2D eigenvalue weighted by Crippen LogP contribution is 2.09. The van der Waals surface area contributed by atoms with Crippen LogP contribution in [-0.4, -0.2) is 53.7 Å². The van der Waals surface area contributed by atoms with E-state index in [2.05, 4.69) is 5.32 Å². The van der Waals surface area contributed by atoms with Gasteiger partial charge in [-0.2, -0.15) is 0 Å². The van der Waals surface area contributed by atoms with Gasteiger partial charge >= 0.3 is 12.1 Å². The number of carbonyl (C=O) groups excluding carboxylic acids is 2. The summed E-state index contributed by atoms with van der Waals surface area (Å²) in [5.41, 5.74) is 0.758. The lowest BCUT2D eigenvalue weighted by atomic mass is 10.1. The van der Waals surface area contributed by atoms with Crippen LogP contribution in [0.25, 0.3) is 0 Å². The van der Waals surface area contributed by atoms with Gasteiger partial charge in [0.15, 0.2) is 0 Å². The molecule has 2 rings (SSSR count). The second kappa shape index (κ2) is 6.74. The molecule has 0 saturated carbocycles. The Balaban J connectivity index is 1.97. The first-order chi connectivity index (χ1) is 10.1. The Hall–Kier alpha value is -2.57. The molecule has 21 heavy (non-hydrogen) atoms. The molecule has 7 nitrogen and oxygen atoms in total. The standard InChI is InChI=1S/C14H16N2O5/c17-12-9-16(7-6-15-12)14(20)21-11(13(18)19)8-10-4-2-1-3-5-10/h1-5,11H,6-9H2,(H,15,17)(H,18,19). The number of amides is 2. The fourth-order valence-electron chi connectivity index (χ4n) is 2.00. The SMILES string of the molecule is O=C1CN(C(=O)OC(Cc2ccccc2)C(=O)O)CCN1. The molecule has 1 unspecified atom stereocenters. The monoisotopic (exact) mass is 292 g/mol. The summed E-state index contributed by atoms with van der Waals surface area (Å²) in [5, 5.41) is 11.7. The molecule has 112 valence electrons. The number of carboxylic acids is 1. The number of piperazine rings is 1. The number of carbonyl (C=O) groups is 3. The molecule has 1 aliphatic rings. The van der Waals surface area contributed by atoms with Crippen molar-refractivity contribution in [1.29, 1.82) is 0 Å². The van der Waals surface area contributed by atoms with E-state index in [1.54, 1.807) is 24.3 Å². The molecule has 7 heteroatoms. The maximum absolute atomic E-state index is 11.9. The molecule has 1 heterocycles. The van der Waals surface area contributed by atoms with Crippen molar-refractivity contribution in [3.63, 3.8) is 0 Å². The van der Waals surface area contributed by atoms with Crippen LogP contribution in [0.15, 0.2) is 30.3 Å². The number of benzene rings is 1. The van der Waals surface area contributed by atoms with Gasteiger partial charge in [-0.3, -0.25) is 9.69 Å². The number of nitrogens with zero attached hydrogens (tertiary/aromatic N) is 1. The Morgan fingerprint density at radius 3 is 2.67 bits per heavy atom. The van der Waals surface area contributed by atoms with Crippen LogP contribution in [0.3, 0.4) is 0 Å². The third kappa shape index (κ3) is 4.20. The maximum Gasteiger partial charge on any atom is 0.411 e.